The summed E-state index contributed by atoms with van der Waals surface area (Å²) >= 11 is 0. The minimum absolute atomic E-state index is 0.850. The summed E-state index contributed by atoms with van der Waals surface area (Å²) in [5.74, 6) is 1.91. The van der Waals surface area contributed by atoms with Crippen LogP contribution >= 0.6 is 0 Å². The van der Waals surface area contributed by atoms with Crippen molar-refractivity contribution in [3.8, 4) is 0 Å². The van der Waals surface area contributed by atoms with E-state index in [4.69, 9.17) is 0 Å². The highest BCUT2D eigenvalue weighted by Gasteiger charge is 2.25. The summed E-state index contributed by atoms with van der Waals surface area (Å²) in [5, 5.41) is 3.88. The van der Waals surface area contributed by atoms with Gasteiger partial charge in [0.1, 0.15) is 0 Å². The Labute approximate surface area is 95.0 Å². The average molecular weight is 209 g/mol. The lowest BCUT2D eigenvalue weighted by Crippen LogP contribution is -2.39. The monoisotopic (exact) mass is 209 g/mol. The molecule has 0 spiro atoms. The van der Waals surface area contributed by atoms with Crippen LogP contribution in [0.5, 0.6) is 0 Å². The summed E-state index contributed by atoms with van der Waals surface area (Å²) in [7, 11) is 0. The van der Waals surface area contributed by atoms with Gasteiger partial charge in [-0.05, 0) is 50.4 Å². The molecule has 0 amide bonds. The van der Waals surface area contributed by atoms with Gasteiger partial charge in [0.15, 0.2) is 0 Å². The zero-order valence-corrected chi connectivity index (χ0v) is 10.5. The normalized spacial score (nSPS) is 33.8. The molecule has 2 saturated carbocycles. The minimum atomic E-state index is 0.850. The Morgan fingerprint density at radius 2 is 1.33 bits per heavy atom. The van der Waals surface area contributed by atoms with Crippen molar-refractivity contribution in [2.45, 2.75) is 77.3 Å². The highest BCUT2D eigenvalue weighted by molar-refractivity contribution is 4.83. The number of nitrogens with one attached hydrogen (secondary N) is 1. The number of hydrogen-bond donors (Lipinski definition) is 1. The molecule has 0 aromatic carbocycles. The van der Waals surface area contributed by atoms with Gasteiger partial charge >= 0.3 is 0 Å². The van der Waals surface area contributed by atoms with E-state index >= 15 is 0 Å². The fourth-order valence-electron chi connectivity index (χ4n) is 3.38. The Bertz CT molecular complexity index is 174. The Balaban J connectivity index is 1.68. The second-order valence-electron chi connectivity index (χ2n) is 6.00. The van der Waals surface area contributed by atoms with E-state index in [1.807, 2.05) is 0 Å². The van der Waals surface area contributed by atoms with Gasteiger partial charge in [0, 0.05) is 12.1 Å². The van der Waals surface area contributed by atoms with Gasteiger partial charge in [-0.2, -0.15) is 0 Å². The van der Waals surface area contributed by atoms with E-state index in [9.17, 15) is 0 Å². The zero-order valence-electron chi connectivity index (χ0n) is 10.5. The molecule has 0 unspecified atom stereocenters. The lowest BCUT2D eigenvalue weighted by molar-refractivity contribution is 0.228. The summed E-state index contributed by atoms with van der Waals surface area (Å²) in [6.07, 6.45) is 11.6. The Hall–Kier alpha value is -0.0400. The summed E-state index contributed by atoms with van der Waals surface area (Å²) < 4.78 is 0. The van der Waals surface area contributed by atoms with E-state index in [0.717, 1.165) is 23.9 Å². The summed E-state index contributed by atoms with van der Waals surface area (Å²) in [5.41, 5.74) is 0. The van der Waals surface area contributed by atoms with Crippen LogP contribution in [-0.4, -0.2) is 12.1 Å². The van der Waals surface area contributed by atoms with Crippen LogP contribution < -0.4 is 5.32 Å². The molecule has 0 atom stereocenters. The van der Waals surface area contributed by atoms with Gasteiger partial charge in [0.05, 0.1) is 0 Å². The molecule has 0 bridgehead atoms. The summed E-state index contributed by atoms with van der Waals surface area (Å²) in [6.45, 7) is 4.77. The van der Waals surface area contributed by atoms with Crippen molar-refractivity contribution in [2.24, 2.45) is 11.8 Å². The van der Waals surface area contributed by atoms with Gasteiger partial charge in [-0.1, -0.05) is 26.7 Å². The first kappa shape index (κ1) is 11.4. The van der Waals surface area contributed by atoms with Crippen LogP contribution in [0.1, 0.15) is 65.2 Å². The quantitative estimate of drug-likeness (QED) is 0.747. The molecule has 0 radical (unpaired) electrons. The van der Waals surface area contributed by atoms with E-state index < -0.39 is 0 Å². The first-order valence-electron chi connectivity index (χ1n) is 7.01. The third kappa shape index (κ3) is 3.21. The minimum Gasteiger partial charge on any atom is -0.311 e. The Kier molecular flexibility index (Phi) is 4.07. The summed E-state index contributed by atoms with van der Waals surface area (Å²) in [4.78, 5) is 0. The molecule has 2 fully saturated rings. The molecule has 2 rings (SSSR count). The smallest absolute Gasteiger partial charge is 0.00698 e. The van der Waals surface area contributed by atoms with Crippen LogP contribution in [0.3, 0.4) is 0 Å². The summed E-state index contributed by atoms with van der Waals surface area (Å²) in [6, 6.07) is 1.72. The first-order valence-corrected chi connectivity index (χ1v) is 7.01. The topological polar surface area (TPSA) is 12.0 Å². The molecule has 88 valence electrons. The van der Waals surface area contributed by atoms with Crippen molar-refractivity contribution < 1.29 is 0 Å². The van der Waals surface area contributed by atoms with Gasteiger partial charge in [-0.25, -0.2) is 0 Å². The van der Waals surface area contributed by atoms with E-state index in [0.29, 0.717) is 0 Å². The molecule has 0 saturated heterocycles. The lowest BCUT2D eigenvalue weighted by Gasteiger charge is -2.33. The fourth-order valence-corrected chi connectivity index (χ4v) is 3.38. The maximum absolute atomic E-state index is 3.88. The second kappa shape index (κ2) is 5.34. The maximum Gasteiger partial charge on any atom is 0.00698 e. The van der Waals surface area contributed by atoms with E-state index in [-0.39, 0.29) is 0 Å². The van der Waals surface area contributed by atoms with Gasteiger partial charge in [0.25, 0.3) is 0 Å². The van der Waals surface area contributed by atoms with Crippen LogP contribution in [-0.2, 0) is 0 Å². The maximum atomic E-state index is 3.88. The van der Waals surface area contributed by atoms with Gasteiger partial charge < -0.3 is 5.32 Å². The van der Waals surface area contributed by atoms with Crippen molar-refractivity contribution >= 4 is 0 Å². The predicted octanol–water partition coefficient (Wildman–Crippen LogP) is 3.73. The average Bonchev–Trinajstić information content (AvgIpc) is 2.71. The van der Waals surface area contributed by atoms with Crippen LogP contribution in [0, 0.1) is 11.8 Å². The largest absolute Gasteiger partial charge is 0.311 e. The zero-order chi connectivity index (χ0) is 10.7. The molecule has 2 aliphatic rings. The molecule has 0 aromatic heterocycles. The van der Waals surface area contributed by atoms with E-state index in [1.165, 1.54) is 51.4 Å². The lowest BCUT2D eigenvalue weighted by atomic mass is 9.79. The molecule has 0 heterocycles. The third-order valence-corrected chi connectivity index (χ3v) is 4.54. The molecule has 2 aliphatic carbocycles. The molecular weight excluding hydrogens is 182 g/mol. The van der Waals surface area contributed by atoms with Crippen LogP contribution in [0.4, 0.5) is 0 Å². The van der Waals surface area contributed by atoms with Gasteiger partial charge in [-0.3, -0.25) is 0 Å². The number of hydrogen-bond acceptors (Lipinski definition) is 1. The Morgan fingerprint density at radius 1 is 0.800 bits per heavy atom. The van der Waals surface area contributed by atoms with Crippen LogP contribution in [0.15, 0.2) is 0 Å². The molecular formula is C14H27N. The van der Waals surface area contributed by atoms with Crippen LogP contribution in [0.25, 0.3) is 0 Å². The SMILES string of the molecule is CC(C)[C@H]1CC[C@@H](NC2CCCC2)CC1. The third-order valence-electron chi connectivity index (χ3n) is 4.54. The van der Waals surface area contributed by atoms with E-state index in [2.05, 4.69) is 19.2 Å². The standard InChI is InChI=1S/C14H27N/c1-11(2)12-7-9-14(10-8-12)15-13-5-3-4-6-13/h11-15H,3-10H2,1-2H3/t12-,14+. The fraction of sp³-hybridized carbons (Fsp3) is 1.00. The first-order chi connectivity index (χ1) is 7.25. The van der Waals surface area contributed by atoms with Crippen molar-refractivity contribution in [3.63, 3.8) is 0 Å². The van der Waals surface area contributed by atoms with Crippen molar-refractivity contribution in [3.05, 3.63) is 0 Å². The van der Waals surface area contributed by atoms with Gasteiger partial charge in [0.2, 0.25) is 0 Å². The Morgan fingerprint density at radius 3 is 1.87 bits per heavy atom. The molecule has 1 N–H and O–H groups in total. The molecule has 1 heteroatoms. The van der Waals surface area contributed by atoms with Crippen molar-refractivity contribution in [2.75, 3.05) is 0 Å². The van der Waals surface area contributed by atoms with Crippen LogP contribution in [0.2, 0.25) is 0 Å². The molecule has 1 nitrogen and oxygen atoms in total. The number of rotatable bonds is 3. The van der Waals surface area contributed by atoms with Gasteiger partial charge in [-0.15, -0.1) is 0 Å². The van der Waals surface area contributed by atoms with Crippen molar-refractivity contribution in [1.29, 1.82) is 0 Å². The molecule has 0 aliphatic heterocycles. The predicted molar refractivity (Wildman–Crippen MR) is 66.0 cm³/mol. The second-order valence-corrected chi connectivity index (χ2v) is 6.00. The highest BCUT2D eigenvalue weighted by Crippen LogP contribution is 2.31. The highest BCUT2D eigenvalue weighted by atomic mass is 15.0. The molecule has 15 heavy (non-hydrogen) atoms. The van der Waals surface area contributed by atoms with E-state index in [1.54, 1.807) is 0 Å². The van der Waals surface area contributed by atoms with Crippen molar-refractivity contribution in [1.82, 2.24) is 5.32 Å². The molecule has 0 aromatic rings.